The van der Waals surface area contributed by atoms with Gasteiger partial charge in [0, 0.05) is 12.1 Å². The molecule has 28 heavy (non-hydrogen) atoms. The summed E-state index contributed by atoms with van der Waals surface area (Å²) in [6, 6.07) is 15.9. The second-order valence-electron chi connectivity index (χ2n) is 7.89. The number of nitrogens with zero attached hydrogens (tertiary/aromatic N) is 1. The summed E-state index contributed by atoms with van der Waals surface area (Å²) < 4.78 is 5.75. The fraction of sp³-hybridized carbons (Fsp3) is 0.458. The molecule has 3 rings (SSSR count). The first-order valence-corrected chi connectivity index (χ1v) is 10.4. The number of benzene rings is 2. The summed E-state index contributed by atoms with van der Waals surface area (Å²) in [5.74, 6) is 0.769. The van der Waals surface area contributed by atoms with Crippen molar-refractivity contribution in [2.45, 2.75) is 52.1 Å². The summed E-state index contributed by atoms with van der Waals surface area (Å²) in [6.45, 7) is 7.79. The van der Waals surface area contributed by atoms with Crippen LogP contribution < -0.4 is 10.1 Å². The van der Waals surface area contributed by atoms with Crippen LogP contribution in [0.4, 0.5) is 0 Å². The zero-order valence-electron chi connectivity index (χ0n) is 17.1. The Balaban J connectivity index is 1.46. The Hall–Kier alpha value is -2.33. The number of carbonyl (C=O) groups is 1. The highest BCUT2D eigenvalue weighted by Crippen LogP contribution is 2.14. The minimum absolute atomic E-state index is 0.0543. The Kier molecular flexibility index (Phi) is 7.49. The number of nitrogens with one attached hydrogen (secondary N) is 1. The van der Waals surface area contributed by atoms with E-state index in [0.29, 0.717) is 12.2 Å². The van der Waals surface area contributed by atoms with Gasteiger partial charge in [-0.1, -0.05) is 42.7 Å². The van der Waals surface area contributed by atoms with Gasteiger partial charge in [0.2, 0.25) is 0 Å². The molecule has 4 nitrogen and oxygen atoms in total. The molecule has 1 N–H and O–H groups in total. The van der Waals surface area contributed by atoms with Crippen molar-refractivity contribution < 1.29 is 9.53 Å². The number of likely N-dealkylation sites (tertiary alicyclic amines) is 1. The lowest BCUT2D eigenvalue weighted by molar-refractivity contribution is 0.0926. The molecule has 1 heterocycles. The lowest BCUT2D eigenvalue weighted by Crippen LogP contribution is -2.36. The first-order chi connectivity index (χ1) is 13.6. The Morgan fingerprint density at radius 3 is 2.29 bits per heavy atom. The predicted octanol–water partition coefficient (Wildman–Crippen LogP) is 4.57. The van der Waals surface area contributed by atoms with Gasteiger partial charge in [0.15, 0.2) is 0 Å². The van der Waals surface area contributed by atoms with E-state index in [9.17, 15) is 4.79 Å². The van der Waals surface area contributed by atoms with Gasteiger partial charge < -0.3 is 10.1 Å². The van der Waals surface area contributed by atoms with Crippen molar-refractivity contribution >= 4 is 5.91 Å². The molecule has 150 valence electrons. The van der Waals surface area contributed by atoms with Gasteiger partial charge in [0.05, 0.1) is 6.04 Å². The number of ether oxygens (including phenoxy) is 1. The van der Waals surface area contributed by atoms with Gasteiger partial charge in [0.25, 0.3) is 5.91 Å². The molecule has 0 unspecified atom stereocenters. The molecule has 0 aliphatic carbocycles. The molecule has 1 atom stereocenters. The summed E-state index contributed by atoms with van der Waals surface area (Å²) in [7, 11) is 0. The molecular formula is C24H32N2O2. The third-order valence-corrected chi connectivity index (χ3v) is 5.22. The molecule has 0 aromatic heterocycles. The number of amides is 1. The summed E-state index contributed by atoms with van der Waals surface area (Å²) in [6.07, 6.45) is 5.29. The molecule has 1 amide bonds. The number of hydrogen-bond donors (Lipinski definition) is 1. The lowest BCUT2D eigenvalue weighted by atomic mass is 10.1. The Morgan fingerprint density at radius 2 is 1.64 bits per heavy atom. The molecule has 0 radical (unpaired) electrons. The van der Waals surface area contributed by atoms with Crippen LogP contribution in [0.2, 0.25) is 0 Å². The predicted molar refractivity (Wildman–Crippen MR) is 114 cm³/mol. The Labute approximate surface area is 168 Å². The highest BCUT2D eigenvalue weighted by atomic mass is 16.5. The van der Waals surface area contributed by atoms with Crippen LogP contribution in [0, 0.1) is 6.92 Å². The Morgan fingerprint density at radius 1 is 1.00 bits per heavy atom. The maximum atomic E-state index is 12.5. The first kappa shape index (κ1) is 20.4. The van der Waals surface area contributed by atoms with E-state index in [0.717, 1.165) is 12.3 Å². The second kappa shape index (κ2) is 10.3. The molecule has 2 aromatic rings. The van der Waals surface area contributed by atoms with E-state index in [4.69, 9.17) is 4.74 Å². The molecule has 1 aliphatic rings. The molecule has 1 aliphatic heterocycles. The SMILES string of the molecule is Cc1ccc(OC[C@@H](C)NC(=O)c2ccc(CN3CCCCCC3)cc2)cc1. The van der Waals surface area contributed by atoms with Crippen LogP contribution in [0.15, 0.2) is 48.5 Å². The molecule has 1 saturated heterocycles. The van der Waals surface area contributed by atoms with E-state index >= 15 is 0 Å². The summed E-state index contributed by atoms with van der Waals surface area (Å²) in [5.41, 5.74) is 3.17. The van der Waals surface area contributed by atoms with Crippen molar-refractivity contribution in [3.63, 3.8) is 0 Å². The van der Waals surface area contributed by atoms with Crippen molar-refractivity contribution in [3.05, 3.63) is 65.2 Å². The maximum absolute atomic E-state index is 12.5. The van der Waals surface area contributed by atoms with Crippen molar-refractivity contribution in [1.29, 1.82) is 0 Å². The molecule has 0 saturated carbocycles. The first-order valence-electron chi connectivity index (χ1n) is 10.4. The van der Waals surface area contributed by atoms with E-state index in [1.807, 2.05) is 50.2 Å². The highest BCUT2D eigenvalue weighted by Gasteiger charge is 2.12. The van der Waals surface area contributed by atoms with Gasteiger partial charge >= 0.3 is 0 Å². The van der Waals surface area contributed by atoms with Gasteiger partial charge in [-0.2, -0.15) is 0 Å². The third-order valence-electron chi connectivity index (χ3n) is 5.22. The summed E-state index contributed by atoms with van der Waals surface area (Å²) >= 11 is 0. The van der Waals surface area contributed by atoms with E-state index in [-0.39, 0.29) is 11.9 Å². The third kappa shape index (κ3) is 6.38. The van der Waals surface area contributed by atoms with Crippen LogP contribution in [0.3, 0.4) is 0 Å². The summed E-state index contributed by atoms with van der Waals surface area (Å²) in [4.78, 5) is 15.0. The van der Waals surface area contributed by atoms with Crippen LogP contribution in [0.5, 0.6) is 5.75 Å². The fourth-order valence-corrected chi connectivity index (χ4v) is 3.52. The van der Waals surface area contributed by atoms with E-state index in [1.165, 1.54) is 49.9 Å². The van der Waals surface area contributed by atoms with E-state index in [1.54, 1.807) is 0 Å². The van der Waals surface area contributed by atoms with Gasteiger partial charge in [-0.25, -0.2) is 0 Å². The molecule has 0 spiro atoms. The average molecular weight is 381 g/mol. The standard InChI is InChI=1S/C24H32N2O2/c1-19-7-13-23(14-8-19)28-18-20(2)25-24(27)22-11-9-21(10-12-22)17-26-15-5-3-4-6-16-26/h7-14,20H,3-6,15-18H2,1-2H3,(H,25,27)/t20-/m1/s1. The topological polar surface area (TPSA) is 41.6 Å². The smallest absolute Gasteiger partial charge is 0.251 e. The highest BCUT2D eigenvalue weighted by molar-refractivity contribution is 5.94. The van der Waals surface area contributed by atoms with Crippen molar-refractivity contribution in [2.75, 3.05) is 19.7 Å². The van der Waals surface area contributed by atoms with E-state index in [2.05, 4.69) is 22.3 Å². The zero-order chi connectivity index (χ0) is 19.8. The van der Waals surface area contributed by atoms with Crippen LogP contribution in [0.1, 0.15) is 54.1 Å². The summed E-state index contributed by atoms with van der Waals surface area (Å²) in [5, 5.41) is 3.01. The maximum Gasteiger partial charge on any atom is 0.251 e. The van der Waals surface area contributed by atoms with Crippen LogP contribution in [-0.4, -0.2) is 36.5 Å². The molecule has 4 heteroatoms. The minimum Gasteiger partial charge on any atom is -0.491 e. The number of hydrogen-bond acceptors (Lipinski definition) is 3. The quantitative estimate of drug-likeness (QED) is 0.765. The minimum atomic E-state index is -0.0643. The molecule has 2 aromatic carbocycles. The zero-order valence-corrected chi connectivity index (χ0v) is 17.1. The van der Waals surface area contributed by atoms with Crippen molar-refractivity contribution in [1.82, 2.24) is 10.2 Å². The normalized spacial score (nSPS) is 16.2. The van der Waals surface area contributed by atoms with Gasteiger partial charge in [-0.05, 0) is 69.6 Å². The fourth-order valence-electron chi connectivity index (χ4n) is 3.52. The number of carbonyl (C=O) groups excluding carboxylic acids is 1. The average Bonchev–Trinajstić information content (AvgIpc) is 2.97. The Bertz CT molecular complexity index is 732. The van der Waals surface area contributed by atoms with Crippen molar-refractivity contribution in [2.24, 2.45) is 0 Å². The second-order valence-corrected chi connectivity index (χ2v) is 7.89. The largest absolute Gasteiger partial charge is 0.491 e. The van der Waals surface area contributed by atoms with Gasteiger partial charge in [0.1, 0.15) is 12.4 Å². The van der Waals surface area contributed by atoms with Crippen LogP contribution in [-0.2, 0) is 6.54 Å². The number of rotatable bonds is 7. The van der Waals surface area contributed by atoms with Crippen LogP contribution in [0.25, 0.3) is 0 Å². The van der Waals surface area contributed by atoms with Gasteiger partial charge in [-0.3, -0.25) is 9.69 Å². The lowest BCUT2D eigenvalue weighted by Gasteiger charge is -2.20. The monoisotopic (exact) mass is 380 g/mol. The van der Waals surface area contributed by atoms with Crippen molar-refractivity contribution in [3.8, 4) is 5.75 Å². The number of aryl methyl sites for hydroxylation is 1. The molecule has 0 bridgehead atoms. The molecule has 1 fully saturated rings. The van der Waals surface area contributed by atoms with Gasteiger partial charge in [-0.15, -0.1) is 0 Å². The van der Waals surface area contributed by atoms with E-state index < -0.39 is 0 Å². The molecular weight excluding hydrogens is 348 g/mol. The van der Waals surface area contributed by atoms with Crippen LogP contribution >= 0.6 is 0 Å².